The quantitative estimate of drug-likeness (QED) is 0.138. The number of rotatable bonds is 10. The highest BCUT2D eigenvalue weighted by Crippen LogP contribution is 2.42. The maximum Gasteiger partial charge on any atom is 0.0979 e. The molecule has 0 aromatic heterocycles. The van der Waals surface area contributed by atoms with E-state index in [-0.39, 0.29) is 10.8 Å². The molecule has 1 aliphatic rings. The lowest BCUT2D eigenvalue weighted by Crippen LogP contribution is -2.20. The van der Waals surface area contributed by atoms with Crippen molar-refractivity contribution in [3.63, 3.8) is 0 Å². The molecule has 0 amide bonds. The Labute approximate surface area is 311 Å². The zero-order chi connectivity index (χ0) is 36.6. The van der Waals surface area contributed by atoms with Gasteiger partial charge in [-0.15, -0.1) is 0 Å². The van der Waals surface area contributed by atoms with Crippen molar-refractivity contribution in [1.82, 2.24) is 0 Å². The second-order valence-corrected chi connectivity index (χ2v) is 15.3. The molecule has 0 N–H and O–H groups in total. The van der Waals surface area contributed by atoms with E-state index < -0.39 is 0 Å². The van der Waals surface area contributed by atoms with E-state index in [1.165, 1.54) is 66.4 Å². The van der Waals surface area contributed by atoms with Crippen LogP contribution in [-0.4, -0.2) is 11.4 Å². The third-order valence-electron chi connectivity index (χ3n) is 11.6. The van der Waals surface area contributed by atoms with E-state index in [4.69, 9.17) is 9.98 Å². The Morgan fingerprint density at radius 1 is 0.404 bits per heavy atom. The van der Waals surface area contributed by atoms with Crippen molar-refractivity contribution >= 4 is 33.6 Å². The summed E-state index contributed by atoms with van der Waals surface area (Å²) in [4.78, 5) is 11.4. The summed E-state index contributed by atoms with van der Waals surface area (Å²) in [5.74, 6) is 0. The topological polar surface area (TPSA) is 24.7 Å². The summed E-state index contributed by atoms with van der Waals surface area (Å²) in [6, 6.07) is 44.6. The zero-order valence-corrected chi connectivity index (χ0v) is 32.3. The average molecular weight is 681 g/mol. The van der Waals surface area contributed by atoms with Gasteiger partial charge in [-0.1, -0.05) is 177 Å². The molecule has 7 rings (SSSR count). The maximum atomic E-state index is 5.71. The molecule has 0 unspecified atom stereocenters. The highest BCUT2D eigenvalue weighted by atomic mass is 14.8. The largest absolute Gasteiger partial charge is 0.246 e. The Hall–Kier alpha value is -5.08. The predicted molar refractivity (Wildman–Crippen MR) is 224 cm³/mol. The van der Waals surface area contributed by atoms with Crippen LogP contribution < -0.4 is 0 Å². The Morgan fingerprint density at radius 3 is 1.08 bits per heavy atom. The van der Waals surface area contributed by atoms with Crippen LogP contribution in [-0.2, 0) is 36.5 Å². The lowest BCUT2D eigenvalue weighted by atomic mass is 9.76. The Balaban J connectivity index is 1.44. The van der Waals surface area contributed by atoms with Gasteiger partial charge in [0, 0.05) is 27.3 Å². The third kappa shape index (κ3) is 6.13. The van der Waals surface area contributed by atoms with Gasteiger partial charge in [-0.25, -0.2) is 9.98 Å². The standard InChI is InChI=1S/C50H52N2/c1-9-33-29-40(49(5,6)38-23-15-13-16-24-38)30-34(10-2)45(33)51-47-42-27-19-21-37-22-20-28-43(44(37)42)48(47)52-46-35(11-3)31-41(32-36(46)12-4)50(7,8)39-25-17-14-18-26-39/h13-32H,9-12H2,1-8H3/b51-47+,52-48+. The van der Waals surface area contributed by atoms with Crippen molar-refractivity contribution < 1.29 is 0 Å². The second kappa shape index (κ2) is 14.2. The van der Waals surface area contributed by atoms with Crippen molar-refractivity contribution in [3.8, 4) is 0 Å². The van der Waals surface area contributed by atoms with Crippen LogP contribution in [0.4, 0.5) is 11.4 Å². The molecular formula is C50H52N2. The van der Waals surface area contributed by atoms with Crippen molar-refractivity contribution in [2.45, 2.75) is 91.9 Å². The Bertz CT molecular complexity index is 2110. The van der Waals surface area contributed by atoms with Gasteiger partial charge in [-0.05, 0) is 75.6 Å². The van der Waals surface area contributed by atoms with Crippen LogP contribution >= 0.6 is 0 Å². The van der Waals surface area contributed by atoms with Gasteiger partial charge in [0.2, 0.25) is 0 Å². The molecule has 0 fully saturated rings. The molecule has 52 heavy (non-hydrogen) atoms. The minimum Gasteiger partial charge on any atom is -0.246 e. The molecule has 262 valence electrons. The Kier molecular flexibility index (Phi) is 9.61. The van der Waals surface area contributed by atoms with Crippen molar-refractivity contribution in [2.24, 2.45) is 9.98 Å². The number of aryl methyl sites for hydroxylation is 4. The number of nitrogens with zero attached hydrogens (tertiary/aromatic N) is 2. The molecular weight excluding hydrogens is 629 g/mol. The van der Waals surface area contributed by atoms with E-state index in [0.29, 0.717) is 0 Å². The lowest BCUT2D eigenvalue weighted by Gasteiger charge is -2.28. The first kappa shape index (κ1) is 35.3. The first-order chi connectivity index (χ1) is 25.1. The van der Waals surface area contributed by atoms with E-state index in [1.807, 2.05) is 0 Å². The van der Waals surface area contributed by atoms with Gasteiger partial charge in [-0.2, -0.15) is 0 Å². The predicted octanol–water partition coefficient (Wildman–Crippen LogP) is 13.0. The van der Waals surface area contributed by atoms with Crippen LogP contribution in [0.1, 0.15) is 111 Å². The first-order valence-electron chi connectivity index (χ1n) is 19.3. The molecule has 0 atom stereocenters. The minimum atomic E-state index is -0.128. The van der Waals surface area contributed by atoms with Crippen LogP contribution in [0.5, 0.6) is 0 Å². The normalized spacial score (nSPS) is 14.5. The van der Waals surface area contributed by atoms with Crippen LogP contribution in [0.3, 0.4) is 0 Å². The molecule has 1 aliphatic carbocycles. The van der Waals surface area contributed by atoms with Gasteiger partial charge >= 0.3 is 0 Å². The molecule has 0 spiro atoms. The molecule has 6 aromatic carbocycles. The molecule has 0 aliphatic heterocycles. The number of hydrogen-bond donors (Lipinski definition) is 0. The fraction of sp³-hybridized carbons (Fsp3) is 0.280. The summed E-state index contributed by atoms with van der Waals surface area (Å²) in [5.41, 5.74) is 16.7. The molecule has 0 heterocycles. The Morgan fingerprint density at radius 2 is 0.750 bits per heavy atom. The molecule has 2 nitrogen and oxygen atoms in total. The summed E-state index contributed by atoms with van der Waals surface area (Å²) in [6.07, 6.45) is 3.61. The van der Waals surface area contributed by atoms with Gasteiger partial charge in [0.05, 0.1) is 22.8 Å². The van der Waals surface area contributed by atoms with E-state index in [1.54, 1.807) is 0 Å². The number of benzene rings is 6. The minimum absolute atomic E-state index is 0.128. The zero-order valence-electron chi connectivity index (χ0n) is 32.3. The first-order valence-corrected chi connectivity index (χ1v) is 19.3. The highest BCUT2D eigenvalue weighted by Gasteiger charge is 2.31. The SMILES string of the molecule is CCc1cc(C(C)(C)c2ccccc2)cc(CC)c1/N=C1/C(=N/c2c(CC)cc(C(C)(C)c3ccccc3)cc2CC)c2cccc3cccc1c23. The van der Waals surface area contributed by atoms with Crippen LogP contribution in [0.25, 0.3) is 10.8 Å². The van der Waals surface area contributed by atoms with Gasteiger partial charge < -0.3 is 0 Å². The smallest absolute Gasteiger partial charge is 0.0979 e. The van der Waals surface area contributed by atoms with E-state index in [2.05, 4.69) is 177 Å². The monoisotopic (exact) mass is 680 g/mol. The maximum absolute atomic E-state index is 5.71. The van der Waals surface area contributed by atoms with Crippen molar-refractivity contribution in [1.29, 1.82) is 0 Å². The summed E-state index contributed by atoms with van der Waals surface area (Å²) < 4.78 is 0. The molecule has 0 saturated heterocycles. The van der Waals surface area contributed by atoms with Crippen molar-refractivity contribution in [2.75, 3.05) is 0 Å². The summed E-state index contributed by atoms with van der Waals surface area (Å²) in [6.45, 7) is 18.4. The number of aliphatic imine (C=N–C) groups is 2. The molecule has 0 bridgehead atoms. The molecule has 6 aromatic rings. The van der Waals surface area contributed by atoms with Crippen LogP contribution in [0.2, 0.25) is 0 Å². The third-order valence-corrected chi connectivity index (χ3v) is 11.6. The summed E-state index contributed by atoms with van der Waals surface area (Å²) in [5, 5.41) is 2.48. The van der Waals surface area contributed by atoms with E-state index in [9.17, 15) is 0 Å². The average Bonchev–Trinajstić information content (AvgIpc) is 3.48. The van der Waals surface area contributed by atoms with Gasteiger partial charge in [-0.3, -0.25) is 0 Å². The lowest BCUT2D eigenvalue weighted by molar-refractivity contribution is 0.638. The fourth-order valence-corrected chi connectivity index (χ4v) is 8.09. The van der Waals surface area contributed by atoms with Gasteiger partial charge in [0.15, 0.2) is 0 Å². The molecule has 0 saturated carbocycles. The van der Waals surface area contributed by atoms with Gasteiger partial charge in [0.1, 0.15) is 0 Å². The van der Waals surface area contributed by atoms with E-state index in [0.717, 1.165) is 48.5 Å². The van der Waals surface area contributed by atoms with Crippen molar-refractivity contribution in [3.05, 3.63) is 177 Å². The second-order valence-electron chi connectivity index (χ2n) is 15.3. The van der Waals surface area contributed by atoms with E-state index >= 15 is 0 Å². The molecule has 0 radical (unpaired) electrons. The summed E-state index contributed by atoms with van der Waals surface area (Å²) >= 11 is 0. The van der Waals surface area contributed by atoms with Crippen LogP contribution in [0.15, 0.2) is 131 Å². The summed E-state index contributed by atoms with van der Waals surface area (Å²) in [7, 11) is 0. The van der Waals surface area contributed by atoms with Gasteiger partial charge in [0.25, 0.3) is 0 Å². The van der Waals surface area contributed by atoms with Crippen LogP contribution in [0, 0.1) is 0 Å². The number of hydrogen-bond acceptors (Lipinski definition) is 2. The fourth-order valence-electron chi connectivity index (χ4n) is 8.09. The highest BCUT2D eigenvalue weighted by molar-refractivity contribution is 6.61. The molecule has 2 heteroatoms.